The van der Waals surface area contributed by atoms with Crippen molar-refractivity contribution in [3.63, 3.8) is 0 Å². The summed E-state index contributed by atoms with van der Waals surface area (Å²) in [4.78, 5) is 24.2. The number of rotatable bonds is 9. The van der Waals surface area contributed by atoms with E-state index in [9.17, 15) is 22.8 Å². The lowest BCUT2D eigenvalue weighted by Crippen LogP contribution is -2.44. The molecule has 6 nitrogen and oxygen atoms in total. The van der Waals surface area contributed by atoms with Gasteiger partial charge in [-0.1, -0.05) is 24.3 Å². The van der Waals surface area contributed by atoms with E-state index in [1.807, 2.05) is 0 Å². The summed E-state index contributed by atoms with van der Waals surface area (Å²) >= 11 is 0. The Balaban J connectivity index is 1.77. The molecule has 0 bridgehead atoms. The quantitative estimate of drug-likeness (QED) is 0.591. The van der Waals surface area contributed by atoms with Gasteiger partial charge in [-0.3, -0.25) is 9.59 Å². The fourth-order valence-electron chi connectivity index (χ4n) is 2.42. The second-order valence-corrected chi connectivity index (χ2v) is 6.60. The van der Waals surface area contributed by atoms with Crippen molar-refractivity contribution in [2.24, 2.45) is 0 Å². The summed E-state index contributed by atoms with van der Waals surface area (Å²) in [6.45, 7) is 0.329. The first-order valence-electron chi connectivity index (χ1n) is 9.35. The third-order valence-corrected chi connectivity index (χ3v) is 4.09. The predicted molar refractivity (Wildman–Crippen MR) is 109 cm³/mol. The number of amides is 2. The number of alkyl halides is 3. The molecule has 0 saturated carbocycles. The lowest BCUT2D eigenvalue weighted by molar-refractivity contribution is -0.153. The third-order valence-electron chi connectivity index (χ3n) is 4.09. The van der Waals surface area contributed by atoms with E-state index in [4.69, 9.17) is 4.74 Å². The number of benzene rings is 2. The Kier molecular flexibility index (Phi) is 8.48. The summed E-state index contributed by atoms with van der Waals surface area (Å²) < 4.78 is 46.1. The van der Waals surface area contributed by atoms with Gasteiger partial charge < -0.3 is 20.1 Å². The minimum Gasteiger partial charge on any atom is -0.497 e. The minimum atomic E-state index is -4.41. The third kappa shape index (κ3) is 8.81. The molecule has 1 unspecified atom stereocenters. The van der Waals surface area contributed by atoms with Crippen LogP contribution in [0.5, 0.6) is 11.5 Å². The molecular weight excluding hydrogens is 413 g/mol. The highest BCUT2D eigenvalue weighted by Gasteiger charge is 2.28. The van der Waals surface area contributed by atoms with E-state index >= 15 is 0 Å². The molecule has 0 aliphatic heterocycles. The number of hydrogen-bond acceptors (Lipinski definition) is 4. The molecular formula is C22H23F3N2O4. The van der Waals surface area contributed by atoms with Gasteiger partial charge in [-0.05, 0) is 48.4 Å². The first kappa shape index (κ1) is 23.8. The number of halogens is 3. The average Bonchev–Trinajstić information content (AvgIpc) is 2.75. The number of methoxy groups -OCH3 is 1. The van der Waals surface area contributed by atoms with E-state index in [0.717, 1.165) is 5.56 Å². The van der Waals surface area contributed by atoms with Crippen molar-refractivity contribution in [1.29, 1.82) is 0 Å². The van der Waals surface area contributed by atoms with Crippen molar-refractivity contribution in [3.8, 4) is 11.5 Å². The number of carbonyl (C=O) groups excluding carboxylic acids is 2. The maximum Gasteiger partial charge on any atom is 0.422 e. The molecule has 9 heteroatoms. The molecule has 2 aromatic carbocycles. The fraction of sp³-hybridized carbons (Fsp3) is 0.273. The van der Waals surface area contributed by atoms with Crippen LogP contribution in [0.1, 0.15) is 18.1 Å². The Morgan fingerprint density at radius 2 is 1.65 bits per heavy atom. The maximum atomic E-state index is 12.2. The molecule has 2 rings (SSSR count). The molecule has 0 spiro atoms. The zero-order chi connectivity index (χ0) is 22.9. The molecule has 2 amide bonds. The highest BCUT2D eigenvalue weighted by Crippen LogP contribution is 2.18. The van der Waals surface area contributed by atoms with Gasteiger partial charge in [0.25, 0.3) is 0 Å². The molecule has 0 aliphatic carbocycles. The topological polar surface area (TPSA) is 76.7 Å². The van der Waals surface area contributed by atoms with Gasteiger partial charge in [-0.15, -0.1) is 0 Å². The van der Waals surface area contributed by atoms with E-state index in [1.54, 1.807) is 56.5 Å². The normalized spacial score (nSPS) is 12.3. The number of hydrogen-bond donors (Lipinski definition) is 2. The first-order valence-corrected chi connectivity index (χ1v) is 9.35. The molecule has 2 N–H and O–H groups in total. The Hall–Kier alpha value is -3.49. The van der Waals surface area contributed by atoms with Crippen LogP contribution >= 0.6 is 0 Å². The van der Waals surface area contributed by atoms with Crippen LogP contribution in [0.3, 0.4) is 0 Å². The highest BCUT2D eigenvalue weighted by atomic mass is 19.4. The smallest absolute Gasteiger partial charge is 0.422 e. The number of ether oxygens (including phenoxy) is 2. The number of nitrogens with one attached hydrogen (secondary N) is 2. The van der Waals surface area contributed by atoms with Crippen molar-refractivity contribution >= 4 is 17.9 Å². The van der Waals surface area contributed by atoms with Crippen LogP contribution < -0.4 is 20.1 Å². The molecule has 1 atom stereocenters. The summed E-state index contributed by atoms with van der Waals surface area (Å²) in [7, 11) is 1.56. The summed E-state index contributed by atoms with van der Waals surface area (Å²) in [6.07, 6.45) is -1.47. The summed E-state index contributed by atoms with van der Waals surface area (Å²) in [5.74, 6) is -0.0414. The van der Waals surface area contributed by atoms with Gasteiger partial charge in [-0.2, -0.15) is 13.2 Å². The molecule has 0 heterocycles. The monoisotopic (exact) mass is 436 g/mol. The summed E-state index contributed by atoms with van der Waals surface area (Å²) in [5.41, 5.74) is 1.47. The maximum absolute atomic E-state index is 12.2. The first-order chi connectivity index (χ1) is 14.7. The van der Waals surface area contributed by atoms with Crippen LogP contribution in [-0.2, 0) is 16.1 Å². The van der Waals surface area contributed by atoms with Gasteiger partial charge in [-0.25, -0.2) is 0 Å². The van der Waals surface area contributed by atoms with Gasteiger partial charge in [0, 0.05) is 12.6 Å². The van der Waals surface area contributed by atoms with E-state index < -0.39 is 30.6 Å². The van der Waals surface area contributed by atoms with E-state index in [1.165, 1.54) is 18.2 Å². The Morgan fingerprint density at radius 1 is 1.03 bits per heavy atom. The molecule has 2 aromatic rings. The summed E-state index contributed by atoms with van der Waals surface area (Å²) in [5, 5.41) is 5.21. The fourth-order valence-corrected chi connectivity index (χ4v) is 2.42. The Morgan fingerprint density at radius 3 is 2.23 bits per heavy atom. The Bertz CT molecular complexity index is 894. The van der Waals surface area contributed by atoms with Crippen LogP contribution in [0.15, 0.2) is 54.6 Å². The second-order valence-electron chi connectivity index (χ2n) is 6.60. The molecule has 0 aromatic heterocycles. The van der Waals surface area contributed by atoms with Crippen LogP contribution in [0.4, 0.5) is 13.2 Å². The lowest BCUT2D eigenvalue weighted by Gasteiger charge is -2.13. The molecule has 31 heavy (non-hydrogen) atoms. The zero-order valence-corrected chi connectivity index (χ0v) is 17.0. The van der Waals surface area contributed by atoms with E-state index in [-0.39, 0.29) is 12.3 Å². The SMILES string of the molecule is COc1ccc(C=CC(=O)NC(C)C(=O)NCc2ccc(OCC(F)(F)F)cc2)cc1. The Labute approximate surface area is 178 Å². The average molecular weight is 436 g/mol. The van der Waals surface area contributed by atoms with Gasteiger partial charge in [0.15, 0.2) is 6.61 Å². The van der Waals surface area contributed by atoms with Gasteiger partial charge >= 0.3 is 6.18 Å². The molecule has 0 saturated heterocycles. The van der Waals surface area contributed by atoms with Crippen molar-refractivity contribution < 1.29 is 32.2 Å². The van der Waals surface area contributed by atoms with E-state index in [0.29, 0.717) is 11.3 Å². The van der Waals surface area contributed by atoms with Gasteiger partial charge in [0.2, 0.25) is 11.8 Å². The summed E-state index contributed by atoms with van der Waals surface area (Å²) in [6, 6.07) is 12.2. The highest BCUT2D eigenvalue weighted by molar-refractivity contribution is 5.95. The number of carbonyl (C=O) groups is 2. The van der Waals surface area contributed by atoms with E-state index in [2.05, 4.69) is 15.4 Å². The van der Waals surface area contributed by atoms with Crippen LogP contribution in [-0.4, -0.2) is 37.7 Å². The van der Waals surface area contributed by atoms with Crippen molar-refractivity contribution in [2.75, 3.05) is 13.7 Å². The standard InChI is InChI=1S/C22H23F3N2O4/c1-15(27-20(28)12-7-16-3-8-18(30-2)9-4-16)21(29)26-13-17-5-10-19(11-6-17)31-14-22(23,24)25/h3-12,15H,13-14H2,1-2H3,(H,26,29)(H,27,28). The van der Waals surface area contributed by atoms with Crippen molar-refractivity contribution in [3.05, 3.63) is 65.7 Å². The second kappa shape index (κ2) is 11.1. The lowest BCUT2D eigenvalue weighted by atomic mass is 10.2. The largest absolute Gasteiger partial charge is 0.497 e. The van der Waals surface area contributed by atoms with Crippen LogP contribution in [0.25, 0.3) is 6.08 Å². The van der Waals surface area contributed by atoms with Crippen LogP contribution in [0.2, 0.25) is 0 Å². The predicted octanol–water partition coefficient (Wildman–Crippen LogP) is 3.47. The minimum absolute atomic E-state index is 0.0803. The molecule has 0 radical (unpaired) electrons. The molecule has 0 aliphatic rings. The van der Waals surface area contributed by atoms with Gasteiger partial charge in [0.05, 0.1) is 7.11 Å². The molecule has 166 valence electrons. The van der Waals surface area contributed by atoms with Crippen molar-refractivity contribution in [1.82, 2.24) is 10.6 Å². The van der Waals surface area contributed by atoms with Crippen molar-refractivity contribution in [2.45, 2.75) is 25.7 Å². The van der Waals surface area contributed by atoms with Gasteiger partial charge in [0.1, 0.15) is 17.5 Å². The zero-order valence-electron chi connectivity index (χ0n) is 17.0. The molecule has 0 fully saturated rings. The van der Waals surface area contributed by atoms with Crippen LogP contribution in [0, 0.1) is 0 Å².